The lowest BCUT2D eigenvalue weighted by atomic mass is 9.85. The van der Waals surface area contributed by atoms with Gasteiger partial charge in [0.05, 0.1) is 18.8 Å². The summed E-state index contributed by atoms with van der Waals surface area (Å²) in [5.74, 6) is -1.20. The van der Waals surface area contributed by atoms with E-state index in [1.807, 2.05) is 12.2 Å². The zero-order valence-corrected chi connectivity index (χ0v) is 38.0. The van der Waals surface area contributed by atoms with E-state index in [4.69, 9.17) is 23.3 Å². The molecule has 15 heteroatoms. The van der Waals surface area contributed by atoms with Gasteiger partial charge in [-0.15, -0.1) is 0 Å². The molecule has 1 saturated carbocycles. The molecule has 1 saturated heterocycles. The molecule has 0 bridgehead atoms. The number of epoxide rings is 1. The van der Waals surface area contributed by atoms with Crippen molar-refractivity contribution in [3.63, 3.8) is 0 Å². The molecule has 10 atom stereocenters. The Hall–Kier alpha value is -2.75. The highest BCUT2D eigenvalue weighted by molar-refractivity contribution is 7.47. The number of unbranched alkanes of at least 4 members (excludes halogenated alkanes) is 9. The van der Waals surface area contributed by atoms with Crippen molar-refractivity contribution < 1.29 is 67.8 Å². The first kappa shape index (κ1) is 55.4. The SMILES string of the molecule is CC/C=C\C/C=C\C/C=C\CCCCCCCC(=O)O[C@H](COC(=O)CCC/C=C\C/C=C\CC1OC1C/C=C\CCCCC)COP(=O)(O)OC1[C@H](O)[C@H](O)C(O)[C@H](O)[C@H]1O. The summed E-state index contributed by atoms with van der Waals surface area (Å²) in [6, 6.07) is 0. The molecular formula is C47H77O14P. The third-order valence-electron chi connectivity index (χ3n) is 10.4. The van der Waals surface area contributed by atoms with Crippen LogP contribution in [0.2, 0.25) is 0 Å². The number of aliphatic hydroxyl groups is 5. The van der Waals surface area contributed by atoms with Crippen molar-refractivity contribution in [2.24, 2.45) is 0 Å². The second-order valence-electron chi connectivity index (χ2n) is 15.9. The number of phosphoric acid groups is 1. The smallest absolute Gasteiger partial charge is 0.462 e. The molecule has 62 heavy (non-hydrogen) atoms. The van der Waals surface area contributed by atoms with Crippen LogP contribution in [0.5, 0.6) is 0 Å². The second kappa shape index (κ2) is 33.7. The number of esters is 2. The number of ether oxygens (including phenoxy) is 3. The third-order valence-corrected chi connectivity index (χ3v) is 11.4. The van der Waals surface area contributed by atoms with Crippen LogP contribution in [0.3, 0.4) is 0 Å². The second-order valence-corrected chi connectivity index (χ2v) is 17.3. The van der Waals surface area contributed by atoms with Crippen molar-refractivity contribution in [2.45, 2.75) is 197 Å². The summed E-state index contributed by atoms with van der Waals surface area (Å²) < 4.78 is 39.2. The maximum absolute atomic E-state index is 12.8. The number of phosphoric ester groups is 1. The van der Waals surface area contributed by atoms with E-state index < -0.39 is 75.7 Å². The topological polar surface area (TPSA) is 222 Å². The lowest BCUT2D eigenvalue weighted by Gasteiger charge is -2.41. The van der Waals surface area contributed by atoms with Gasteiger partial charge >= 0.3 is 19.8 Å². The van der Waals surface area contributed by atoms with Gasteiger partial charge in [0.15, 0.2) is 6.10 Å². The van der Waals surface area contributed by atoms with Gasteiger partial charge in [-0.2, -0.15) is 0 Å². The van der Waals surface area contributed by atoms with Crippen molar-refractivity contribution >= 4 is 19.8 Å². The quantitative estimate of drug-likeness (QED) is 0.0118. The Bertz CT molecular complexity index is 1430. The Morgan fingerprint density at radius 1 is 0.581 bits per heavy atom. The Labute approximate surface area is 370 Å². The first-order valence-electron chi connectivity index (χ1n) is 22.9. The van der Waals surface area contributed by atoms with Crippen molar-refractivity contribution in [1.82, 2.24) is 0 Å². The molecule has 0 spiro atoms. The van der Waals surface area contributed by atoms with Gasteiger partial charge in [0, 0.05) is 12.8 Å². The largest absolute Gasteiger partial charge is 0.472 e. The van der Waals surface area contributed by atoms with E-state index in [0.29, 0.717) is 25.4 Å². The van der Waals surface area contributed by atoms with Crippen LogP contribution in [-0.4, -0.2) is 111 Å². The lowest BCUT2D eigenvalue weighted by Crippen LogP contribution is -2.64. The fourth-order valence-electron chi connectivity index (χ4n) is 6.63. The standard InChI is InChI=1S/C47H77O14P/c1-3-5-7-9-11-12-13-14-15-16-17-18-21-26-30-34-41(49)59-37(36-58-62(55,56)61-47-45(53)43(51)42(50)44(52)46(47)54)35-57-40(48)33-29-25-22-19-20-24-28-32-39-38(60-39)31-27-23-10-8-6-4-2/h5,7,11-12,14-15,19,22-24,27-28,37-39,42-47,50-54H,3-4,6,8-10,13,16-18,20-21,25-26,29-36H2,1-2H3,(H,55,56)/b7-5-,12-11-,15-14-,22-19-,27-23-,28-24-/t37-,38?,39?,42?,43-,44+,45-,46-,47?/m1/s1. The molecule has 2 fully saturated rings. The Balaban J connectivity index is 1.74. The van der Waals surface area contributed by atoms with Gasteiger partial charge in [0.2, 0.25) is 0 Å². The van der Waals surface area contributed by atoms with Crippen LogP contribution in [0.25, 0.3) is 0 Å². The van der Waals surface area contributed by atoms with E-state index >= 15 is 0 Å². The van der Waals surface area contributed by atoms with Crippen molar-refractivity contribution in [2.75, 3.05) is 13.2 Å². The van der Waals surface area contributed by atoms with Crippen LogP contribution in [0, 0.1) is 0 Å². The molecule has 6 N–H and O–H groups in total. The Kier molecular flexibility index (Phi) is 30.1. The molecule has 0 radical (unpaired) electrons. The molecule has 14 nitrogen and oxygen atoms in total. The maximum Gasteiger partial charge on any atom is 0.472 e. The van der Waals surface area contributed by atoms with Crippen LogP contribution >= 0.6 is 7.82 Å². The molecule has 1 aliphatic carbocycles. The molecule has 0 amide bonds. The summed E-state index contributed by atoms with van der Waals surface area (Å²) in [4.78, 5) is 35.7. The highest BCUT2D eigenvalue weighted by atomic mass is 31.2. The third kappa shape index (κ3) is 25.5. The molecular weight excluding hydrogens is 819 g/mol. The number of carbonyl (C=O) groups excluding carboxylic acids is 2. The van der Waals surface area contributed by atoms with Crippen LogP contribution in [0.15, 0.2) is 72.9 Å². The summed E-state index contributed by atoms with van der Waals surface area (Å²) in [6.45, 7) is 3.07. The molecule has 2 rings (SSSR count). The van der Waals surface area contributed by atoms with Gasteiger partial charge in [-0.3, -0.25) is 18.6 Å². The predicted molar refractivity (Wildman–Crippen MR) is 239 cm³/mol. The zero-order valence-electron chi connectivity index (χ0n) is 37.1. The van der Waals surface area contributed by atoms with Crippen LogP contribution in [-0.2, 0) is 37.4 Å². The summed E-state index contributed by atoms with van der Waals surface area (Å²) in [5, 5.41) is 50.1. The predicted octanol–water partition coefficient (Wildman–Crippen LogP) is 7.71. The number of hydrogen-bond acceptors (Lipinski definition) is 13. The minimum Gasteiger partial charge on any atom is -0.462 e. The number of allylic oxidation sites excluding steroid dienone is 10. The van der Waals surface area contributed by atoms with Crippen molar-refractivity contribution in [3.05, 3.63) is 72.9 Å². The van der Waals surface area contributed by atoms with Crippen LogP contribution < -0.4 is 0 Å². The number of aliphatic hydroxyl groups excluding tert-OH is 5. The van der Waals surface area contributed by atoms with Gasteiger partial charge in [-0.05, 0) is 83.5 Å². The van der Waals surface area contributed by atoms with Gasteiger partial charge in [0.25, 0.3) is 0 Å². The highest BCUT2D eigenvalue weighted by Crippen LogP contribution is 2.47. The van der Waals surface area contributed by atoms with E-state index in [1.54, 1.807) is 0 Å². The molecule has 0 aromatic heterocycles. The number of carbonyl (C=O) groups is 2. The first-order chi connectivity index (χ1) is 29.9. The molecule has 1 aliphatic heterocycles. The van der Waals surface area contributed by atoms with Gasteiger partial charge in [0.1, 0.15) is 43.2 Å². The summed E-state index contributed by atoms with van der Waals surface area (Å²) in [6.07, 6.45) is 29.9. The van der Waals surface area contributed by atoms with E-state index in [-0.39, 0.29) is 18.9 Å². The van der Waals surface area contributed by atoms with E-state index in [2.05, 4.69) is 74.6 Å². The summed E-state index contributed by atoms with van der Waals surface area (Å²) in [5.41, 5.74) is 0. The summed E-state index contributed by atoms with van der Waals surface area (Å²) >= 11 is 0. The lowest BCUT2D eigenvalue weighted by molar-refractivity contribution is -0.220. The molecule has 0 aromatic rings. The molecule has 5 unspecified atom stereocenters. The van der Waals surface area contributed by atoms with Crippen molar-refractivity contribution in [1.29, 1.82) is 0 Å². The maximum atomic E-state index is 12.8. The average molecular weight is 897 g/mol. The number of rotatable bonds is 35. The average Bonchev–Trinajstić information content (AvgIpc) is 4.01. The van der Waals surface area contributed by atoms with Gasteiger partial charge < -0.3 is 44.6 Å². The van der Waals surface area contributed by atoms with Gasteiger partial charge in [-0.1, -0.05) is 119 Å². The fourth-order valence-corrected chi connectivity index (χ4v) is 7.60. The van der Waals surface area contributed by atoms with E-state index in [1.165, 1.54) is 19.3 Å². The van der Waals surface area contributed by atoms with E-state index in [0.717, 1.165) is 77.0 Å². The van der Waals surface area contributed by atoms with Crippen LogP contribution in [0.4, 0.5) is 0 Å². The first-order valence-corrected chi connectivity index (χ1v) is 24.4. The Morgan fingerprint density at radius 2 is 1.06 bits per heavy atom. The monoisotopic (exact) mass is 897 g/mol. The van der Waals surface area contributed by atoms with Crippen LogP contribution in [0.1, 0.15) is 142 Å². The zero-order chi connectivity index (χ0) is 45.4. The minimum absolute atomic E-state index is 0.0588. The number of hydrogen-bond donors (Lipinski definition) is 6. The normalized spacial score (nSPS) is 25.8. The molecule has 0 aromatic carbocycles. The fraction of sp³-hybridized carbons (Fsp3) is 0.702. The summed E-state index contributed by atoms with van der Waals surface area (Å²) in [7, 11) is -5.14. The molecule has 2 aliphatic rings. The van der Waals surface area contributed by atoms with E-state index in [9.17, 15) is 44.6 Å². The highest BCUT2D eigenvalue weighted by Gasteiger charge is 2.51. The minimum atomic E-state index is -5.14. The van der Waals surface area contributed by atoms with Crippen molar-refractivity contribution in [3.8, 4) is 0 Å². The molecule has 354 valence electrons. The molecule has 1 heterocycles. The van der Waals surface area contributed by atoms with Gasteiger partial charge in [-0.25, -0.2) is 4.57 Å². The Morgan fingerprint density at radius 3 is 1.69 bits per heavy atom.